The van der Waals surface area contributed by atoms with Gasteiger partial charge in [0, 0.05) is 0 Å². The highest BCUT2D eigenvalue weighted by molar-refractivity contribution is 9.09. The van der Waals surface area contributed by atoms with Gasteiger partial charge in [-0.15, -0.1) is 0 Å². The minimum absolute atomic E-state index is 0.137. The third-order valence-corrected chi connectivity index (χ3v) is 5.12. The monoisotopic (exact) mass is 370 g/mol. The molecule has 0 heterocycles. The summed E-state index contributed by atoms with van der Waals surface area (Å²) in [4.78, 5) is 0.137. The first kappa shape index (κ1) is 15.9. The van der Waals surface area contributed by atoms with Gasteiger partial charge in [-0.3, -0.25) is 0 Å². The van der Waals surface area contributed by atoms with Gasteiger partial charge in [0.2, 0.25) is 0 Å². The molecular formula is C17H17BrCl2. The summed E-state index contributed by atoms with van der Waals surface area (Å²) in [6, 6.07) is 14.5. The zero-order valence-electron chi connectivity index (χ0n) is 11.4. The van der Waals surface area contributed by atoms with Crippen LogP contribution in [0.5, 0.6) is 0 Å². The zero-order chi connectivity index (χ0) is 14.5. The molecule has 0 nitrogen and oxygen atoms in total. The van der Waals surface area contributed by atoms with Crippen LogP contribution in [0.2, 0.25) is 10.0 Å². The van der Waals surface area contributed by atoms with E-state index in [9.17, 15) is 0 Å². The summed E-state index contributed by atoms with van der Waals surface area (Å²) in [6.45, 7) is 2.22. The minimum Gasteiger partial charge on any atom is -0.0827 e. The van der Waals surface area contributed by atoms with E-state index < -0.39 is 0 Å². The topological polar surface area (TPSA) is 0 Å². The molecule has 0 N–H and O–H groups in total. The number of unbranched alkanes of at least 4 members (excludes halogenated alkanes) is 1. The Morgan fingerprint density at radius 1 is 0.950 bits per heavy atom. The van der Waals surface area contributed by atoms with Crippen LogP contribution < -0.4 is 0 Å². The molecule has 0 radical (unpaired) electrons. The fourth-order valence-corrected chi connectivity index (χ4v) is 2.99. The number of halogens is 3. The predicted molar refractivity (Wildman–Crippen MR) is 92.3 cm³/mol. The molecular weight excluding hydrogens is 355 g/mol. The van der Waals surface area contributed by atoms with Crippen molar-refractivity contribution in [1.82, 2.24) is 0 Å². The van der Waals surface area contributed by atoms with Gasteiger partial charge in [-0.05, 0) is 41.7 Å². The number of rotatable bonds is 5. The summed E-state index contributed by atoms with van der Waals surface area (Å²) in [7, 11) is 0. The highest BCUT2D eigenvalue weighted by Gasteiger charge is 2.11. The average Bonchev–Trinajstić information content (AvgIpc) is 2.48. The van der Waals surface area contributed by atoms with Crippen molar-refractivity contribution in [2.75, 3.05) is 0 Å². The van der Waals surface area contributed by atoms with E-state index in [1.165, 1.54) is 24.0 Å². The Morgan fingerprint density at radius 2 is 1.60 bits per heavy atom. The molecule has 3 heteroatoms. The molecule has 0 aliphatic carbocycles. The third-order valence-electron chi connectivity index (χ3n) is 3.33. The molecule has 0 saturated carbocycles. The van der Waals surface area contributed by atoms with Crippen LogP contribution in [-0.2, 0) is 6.42 Å². The maximum absolute atomic E-state index is 6.08. The summed E-state index contributed by atoms with van der Waals surface area (Å²) in [5.41, 5.74) is 3.73. The molecule has 0 bridgehead atoms. The first-order valence-corrected chi connectivity index (χ1v) is 8.47. The standard InChI is InChI=1S/C17H17BrCl2/c1-2-3-4-12-5-7-13(8-6-12)17(18)14-9-10-15(19)16(20)11-14/h5-11,17H,2-4H2,1H3. The summed E-state index contributed by atoms with van der Waals surface area (Å²) in [6.07, 6.45) is 3.62. The molecule has 0 saturated heterocycles. The lowest BCUT2D eigenvalue weighted by Crippen LogP contribution is -1.94. The van der Waals surface area contributed by atoms with Gasteiger partial charge in [-0.1, -0.05) is 82.8 Å². The summed E-state index contributed by atoms with van der Waals surface area (Å²) in [5, 5.41) is 1.18. The van der Waals surface area contributed by atoms with E-state index in [1.807, 2.05) is 18.2 Å². The molecule has 0 spiro atoms. The van der Waals surface area contributed by atoms with E-state index in [1.54, 1.807) is 0 Å². The summed E-state index contributed by atoms with van der Waals surface area (Å²) in [5.74, 6) is 0. The highest BCUT2D eigenvalue weighted by Crippen LogP contribution is 2.34. The van der Waals surface area contributed by atoms with E-state index >= 15 is 0 Å². The van der Waals surface area contributed by atoms with E-state index in [0.29, 0.717) is 10.0 Å². The lowest BCUT2D eigenvalue weighted by atomic mass is 10.0. The number of hydrogen-bond donors (Lipinski definition) is 0. The molecule has 20 heavy (non-hydrogen) atoms. The molecule has 2 rings (SSSR count). The molecule has 2 aromatic rings. The van der Waals surface area contributed by atoms with Crippen LogP contribution in [0.4, 0.5) is 0 Å². The largest absolute Gasteiger partial charge is 0.0827 e. The third kappa shape index (κ3) is 4.00. The molecule has 1 atom stereocenters. The van der Waals surface area contributed by atoms with E-state index in [-0.39, 0.29) is 4.83 Å². The van der Waals surface area contributed by atoms with Crippen LogP contribution in [0.1, 0.15) is 41.3 Å². The van der Waals surface area contributed by atoms with Crippen LogP contribution >= 0.6 is 39.1 Å². The molecule has 0 amide bonds. The fourth-order valence-electron chi connectivity index (χ4n) is 2.10. The number of aryl methyl sites for hydroxylation is 1. The molecule has 106 valence electrons. The van der Waals surface area contributed by atoms with Crippen molar-refractivity contribution >= 4 is 39.1 Å². The average molecular weight is 372 g/mol. The fraction of sp³-hybridized carbons (Fsp3) is 0.294. The van der Waals surface area contributed by atoms with Crippen molar-refractivity contribution < 1.29 is 0 Å². The summed E-state index contributed by atoms with van der Waals surface area (Å²) >= 11 is 15.8. The van der Waals surface area contributed by atoms with Crippen LogP contribution in [0.3, 0.4) is 0 Å². The number of hydrogen-bond acceptors (Lipinski definition) is 0. The van der Waals surface area contributed by atoms with Gasteiger partial charge >= 0.3 is 0 Å². The van der Waals surface area contributed by atoms with E-state index in [2.05, 4.69) is 47.1 Å². The Hall–Kier alpha value is -0.500. The molecule has 2 aromatic carbocycles. The minimum atomic E-state index is 0.137. The normalized spacial score (nSPS) is 12.4. The van der Waals surface area contributed by atoms with Gasteiger partial charge in [0.05, 0.1) is 14.9 Å². The Labute approximate surface area is 139 Å². The Bertz CT molecular complexity index is 564. The van der Waals surface area contributed by atoms with Gasteiger partial charge in [0.1, 0.15) is 0 Å². The smallest absolute Gasteiger partial charge is 0.0645 e. The van der Waals surface area contributed by atoms with E-state index in [4.69, 9.17) is 23.2 Å². The number of benzene rings is 2. The van der Waals surface area contributed by atoms with Crippen LogP contribution in [0, 0.1) is 0 Å². The second-order valence-corrected chi connectivity index (χ2v) is 6.61. The molecule has 1 unspecified atom stereocenters. The molecule has 0 aliphatic heterocycles. The Kier molecular flexibility index (Phi) is 5.95. The second kappa shape index (κ2) is 7.49. The highest BCUT2D eigenvalue weighted by atomic mass is 79.9. The summed E-state index contributed by atoms with van der Waals surface area (Å²) < 4.78 is 0. The van der Waals surface area contributed by atoms with Gasteiger partial charge < -0.3 is 0 Å². The van der Waals surface area contributed by atoms with E-state index in [0.717, 1.165) is 12.0 Å². The van der Waals surface area contributed by atoms with Crippen molar-refractivity contribution in [3.8, 4) is 0 Å². The first-order chi connectivity index (χ1) is 9.61. The van der Waals surface area contributed by atoms with Gasteiger partial charge in [0.15, 0.2) is 0 Å². The zero-order valence-corrected chi connectivity index (χ0v) is 14.5. The van der Waals surface area contributed by atoms with Crippen LogP contribution in [0.15, 0.2) is 42.5 Å². The Morgan fingerprint density at radius 3 is 2.20 bits per heavy atom. The van der Waals surface area contributed by atoms with Crippen molar-refractivity contribution in [2.24, 2.45) is 0 Å². The molecule has 0 fully saturated rings. The maximum Gasteiger partial charge on any atom is 0.0645 e. The van der Waals surface area contributed by atoms with Crippen molar-refractivity contribution in [2.45, 2.75) is 31.0 Å². The Balaban J connectivity index is 2.15. The van der Waals surface area contributed by atoms with Gasteiger partial charge in [-0.25, -0.2) is 0 Å². The lowest BCUT2D eigenvalue weighted by molar-refractivity contribution is 0.795. The van der Waals surface area contributed by atoms with Crippen molar-refractivity contribution in [3.63, 3.8) is 0 Å². The SMILES string of the molecule is CCCCc1ccc(C(Br)c2ccc(Cl)c(Cl)c2)cc1. The van der Waals surface area contributed by atoms with Crippen LogP contribution in [-0.4, -0.2) is 0 Å². The van der Waals surface area contributed by atoms with Crippen molar-refractivity contribution in [3.05, 3.63) is 69.2 Å². The molecule has 0 aromatic heterocycles. The van der Waals surface area contributed by atoms with Gasteiger partial charge in [0.25, 0.3) is 0 Å². The maximum atomic E-state index is 6.08. The second-order valence-electron chi connectivity index (χ2n) is 4.88. The van der Waals surface area contributed by atoms with Crippen LogP contribution in [0.25, 0.3) is 0 Å². The lowest BCUT2D eigenvalue weighted by Gasteiger charge is -2.12. The van der Waals surface area contributed by atoms with Crippen molar-refractivity contribution in [1.29, 1.82) is 0 Å². The number of alkyl halides is 1. The predicted octanol–water partition coefficient (Wildman–Crippen LogP) is 6.82. The first-order valence-electron chi connectivity index (χ1n) is 6.79. The van der Waals surface area contributed by atoms with Gasteiger partial charge in [-0.2, -0.15) is 0 Å². The quantitative estimate of drug-likeness (QED) is 0.505. The molecule has 0 aliphatic rings.